The molecule has 1 amide bonds. The zero-order valence-corrected chi connectivity index (χ0v) is 12.7. The summed E-state index contributed by atoms with van der Waals surface area (Å²) >= 11 is 6.18. The van der Waals surface area contributed by atoms with Crippen molar-refractivity contribution in [1.82, 2.24) is 9.88 Å². The molecule has 0 aliphatic carbocycles. The molecule has 6 nitrogen and oxygen atoms in total. The van der Waals surface area contributed by atoms with E-state index in [2.05, 4.69) is 4.98 Å². The van der Waals surface area contributed by atoms with Crippen LogP contribution >= 0.6 is 11.6 Å². The predicted octanol–water partition coefficient (Wildman–Crippen LogP) is 2.57. The maximum Gasteiger partial charge on any atom is 0.411 e. The lowest BCUT2D eigenvalue weighted by molar-refractivity contribution is -0.145. The highest BCUT2D eigenvalue weighted by Gasteiger charge is 2.43. The van der Waals surface area contributed by atoms with Crippen molar-refractivity contribution < 1.29 is 19.1 Å². The van der Waals surface area contributed by atoms with Crippen LogP contribution in [-0.4, -0.2) is 41.7 Å². The third-order valence-corrected chi connectivity index (χ3v) is 3.84. The summed E-state index contributed by atoms with van der Waals surface area (Å²) < 4.78 is 9.83. The molecule has 1 fully saturated rings. The summed E-state index contributed by atoms with van der Waals surface area (Å²) in [4.78, 5) is 29.5. The van der Waals surface area contributed by atoms with Gasteiger partial charge in [0.1, 0.15) is 6.04 Å². The molecule has 2 heterocycles. The summed E-state index contributed by atoms with van der Waals surface area (Å²) in [5.74, 6) is -0.453. The van der Waals surface area contributed by atoms with Gasteiger partial charge in [0.05, 0.1) is 19.8 Å². The average molecular weight is 313 g/mol. The SMILES string of the molecule is CCOC(=O)N1[C@@H](C(=O)OC)CC[C@H]1c1cnccc1Cl. The first-order chi connectivity index (χ1) is 10.1. The van der Waals surface area contributed by atoms with Crippen molar-refractivity contribution in [2.24, 2.45) is 0 Å². The van der Waals surface area contributed by atoms with E-state index in [0.29, 0.717) is 23.4 Å². The monoisotopic (exact) mass is 312 g/mol. The topological polar surface area (TPSA) is 68.7 Å². The molecule has 1 saturated heterocycles. The van der Waals surface area contributed by atoms with Gasteiger partial charge in [-0.15, -0.1) is 0 Å². The summed E-state index contributed by atoms with van der Waals surface area (Å²) in [5, 5.41) is 0.509. The van der Waals surface area contributed by atoms with Crippen molar-refractivity contribution in [3.05, 3.63) is 29.0 Å². The van der Waals surface area contributed by atoms with Crippen LogP contribution < -0.4 is 0 Å². The van der Waals surface area contributed by atoms with Gasteiger partial charge < -0.3 is 9.47 Å². The standard InChI is InChI=1S/C14H17ClN2O4/c1-3-21-14(19)17-11(4-5-12(17)13(18)20-2)9-8-16-7-6-10(9)15/h6-8,11-12H,3-5H2,1-2H3/t11-,12+/m0/s1. The number of likely N-dealkylation sites (tertiary alicyclic amines) is 1. The minimum Gasteiger partial charge on any atom is -0.467 e. The number of hydrogen-bond donors (Lipinski definition) is 0. The van der Waals surface area contributed by atoms with Crippen LogP contribution in [0.25, 0.3) is 0 Å². The molecule has 1 aliphatic rings. The van der Waals surface area contributed by atoms with Crippen LogP contribution in [0.3, 0.4) is 0 Å². The van der Waals surface area contributed by atoms with Crippen LogP contribution in [0.4, 0.5) is 4.79 Å². The third-order valence-electron chi connectivity index (χ3n) is 3.49. The molecule has 1 aliphatic heterocycles. The lowest BCUT2D eigenvalue weighted by atomic mass is 10.1. The Kier molecular flexibility index (Phi) is 5.01. The van der Waals surface area contributed by atoms with E-state index in [0.717, 1.165) is 0 Å². The number of methoxy groups -OCH3 is 1. The Balaban J connectivity index is 2.34. The van der Waals surface area contributed by atoms with Crippen molar-refractivity contribution in [3.63, 3.8) is 0 Å². The fourth-order valence-corrected chi connectivity index (χ4v) is 2.80. The van der Waals surface area contributed by atoms with Crippen LogP contribution in [0.15, 0.2) is 18.5 Å². The van der Waals surface area contributed by atoms with Gasteiger partial charge in [-0.2, -0.15) is 0 Å². The van der Waals surface area contributed by atoms with Gasteiger partial charge in [0, 0.05) is 23.0 Å². The molecule has 0 bridgehead atoms. The number of aromatic nitrogens is 1. The molecular formula is C14H17ClN2O4. The molecule has 1 aromatic rings. The highest BCUT2D eigenvalue weighted by molar-refractivity contribution is 6.31. The number of esters is 1. The Morgan fingerprint density at radius 3 is 2.86 bits per heavy atom. The van der Waals surface area contributed by atoms with Crippen molar-refractivity contribution in [2.45, 2.75) is 31.8 Å². The second-order valence-electron chi connectivity index (χ2n) is 4.64. The lowest BCUT2D eigenvalue weighted by Gasteiger charge is -2.28. The molecule has 0 saturated carbocycles. The third kappa shape index (κ3) is 3.10. The summed E-state index contributed by atoms with van der Waals surface area (Å²) in [7, 11) is 1.30. The first-order valence-electron chi connectivity index (χ1n) is 6.72. The second kappa shape index (κ2) is 6.76. The smallest absolute Gasteiger partial charge is 0.411 e. The van der Waals surface area contributed by atoms with E-state index in [1.165, 1.54) is 12.0 Å². The van der Waals surface area contributed by atoms with E-state index in [9.17, 15) is 9.59 Å². The number of rotatable bonds is 3. The van der Waals surface area contributed by atoms with E-state index in [-0.39, 0.29) is 12.6 Å². The predicted molar refractivity (Wildman–Crippen MR) is 75.9 cm³/mol. The molecule has 1 aromatic heterocycles. The number of carbonyl (C=O) groups excluding carboxylic acids is 2. The van der Waals surface area contributed by atoms with Crippen molar-refractivity contribution >= 4 is 23.7 Å². The maximum atomic E-state index is 12.2. The highest BCUT2D eigenvalue weighted by Crippen LogP contribution is 2.39. The molecule has 0 radical (unpaired) electrons. The van der Waals surface area contributed by atoms with Crippen molar-refractivity contribution in [2.75, 3.05) is 13.7 Å². The number of nitrogens with zero attached hydrogens (tertiary/aromatic N) is 2. The van der Waals surface area contributed by atoms with E-state index in [4.69, 9.17) is 21.1 Å². The van der Waals surface area contributed by atoms with Crippen molar-refractivity contribution in [1.29, 1.82) is 0 Å². The van der Waals surface area contributed by atoms with Crippen LogP contribution in [-0.2, 0) is 14.3 Å². The molecule has 0 spiro atoms. The molecule has 21 heavy (non-hydrogen) atoms. The second-order valence-corrected chi connectivity index (χ2v) is 5.04. The van der Waals surface area contributed by atoms with Gasteiger partial charge in [-0.05, 0) is 25.8 Å². The molecule has 2 rings (SSSR count). The molecule has 0 aromatic carbocycles. The Hall–Kier alpha value is -1.82. The molecule has 7 heteroatoms. The molecule has 0 N–H and O–H groups in total. The van der Waals surface area contributed by atoms with Crippen LogP contribution in [0, 0.1) is 0 Å². The molecule has 0 unspecified atom stereocenters. The Bertz CT molecular complexity index is 537. The number of amides is 1. The molecular weight excluding hydrogens is 296 g/mol. The van der Waals surface area contributed by atoms with Crippen LogP contribution in [0.1, 0.15) is 31.4 Å². The fraction of sp³-hybridized carbons (Fsp3) is 0.500. The Labute approximate surface area is 128 Å². The summed E-state index contributed by atoms with van der Waals surface area (Å²) in [5.41, 5.74) is 0.707. The number of pyridine rings is 1. The number of ether oxygens (including phenoxy) is 2. The van der Waals surface area contributed by atoms with E-state index in [1.54, 1.807) is 25.4 Å². The van der Waals surface area contributed by atoms with Crippen molar-refractivity contribution in [3.8, 4) is 0 Å². The largest absolute Gasteiger partial charge is 0.467 e. The molecule has 2 atom stereocenters. The first kappa shape index (κ1) is 15.6. The zero-order chi connectivity index (χ0) is 15.4. The number of carbonyl (C=O) groups is 2. The summed E-state index contributed by atoms with van der Waals surface area (Å²) in [6.45, 7) is 1.95. The quantitative estimate of drug-likeness (QED) is 0.802. The zero-order valence-electron chi connectivity index (χ0n) is 11.9. The summed E-state index contributed by atoms with van der Waals surface area (Å²) in [6.07, 6.45) is 3.74. The Morgan fingerprint density at radius 2 is 2.24 bits per heavy atom. The maximum absolute atomic E-state index is 12.2. The van der Waals surface area contributed by atoms with Gasteiger partial charge in [0.25, 0.3) is 0 Å². The average Bonchev–Trinajstić information content (AvgIpc) is 2.92. The normalized spacial score (nSPS) is 21.2. The minimum atomic E-state index is -0.657. The van der Waals surface area contributed by atoms with Crippen LogP contribution in [0.5, 0.6) is 0 Å². The van der Waals surface area contributed by atoms with Crippen LogP contribution in [0.2, 0.25) is 5.02 Å². The van der Waals surface area contributed by atoms with E-state index < -0.39 is 18.1 Å². The summed E-state index contributed by atoms with van der Waals surface area (Å²) in [6, 6.07) is 0.663. The number of halogens is 1. The highest BCUT2D eigenvalue weighted by atomic mass is 35.5. The Morgan fingerprint density at radius 1 is 1.48 bits per heavy atom. The first-order valence-corrected chi connectivity index (χ1v) is 7.10. The fourth-order valence-electron chi connectivity index (χ4n) is 2.57. The van der Waals surface area contributed by atoms with Gasteiger partial charge >= 0.3 is 12.1 Å². The minimum absolute atomic E-state index is 0.233. The molecule has 114 valence electrons. The van der Waals surface area contributed by atoms with E-state index >= 15 is 0 Å². The number of hydrogen-bond acceptors (Lipinski definition) is 5. The van der Waals surface area contributed by atoms with Gasteiger partial charge in [-0.1, -0.05) is 11.6 Å². The van der Waals surface area contributed by atoms with E-state index in [1.807, 2.05) is 0 Å². The van der Waals surface area contributed by atoms with Gasteiger partial charge in [-0.25, -0.2) is 9.59 Å². The van der Waals surface area contributed by atoms with Gasteiger partial charge in [0.2, 0.25) is 0 Å². The van der Waals surface area contributed by atoms with Gasteiger partial charge in [-0.3, -0.25) is 9.88 Å². The lowest BCUT2D eigenvalue weighted by Crippen LogP contribution is -2.42. The van der Waals surface area contributed by atoms with Gasteiger partial charge in [0.15, 0.2) is 0 Å².